The van der Waals surface area contributed by atoms with E-state index in [2.05, 4.69) is 178 Å². The predicted molar refractivity (Wildman–Crippen MR) is 441 cm³/mol. The minimum Gasteiger partial charge on any atom is -0.322 e. The molecule has 16 rings (SSSR count). The fourth-order valence-corrected chi connectivity index (χ4v) is 14.7. The van der Waals surface area contributed by atoms with Crippen LogP contribution in [-0.4, -0.2) is 80.8 Å². The molecule has 0 saturated carbocycles. The minimum absolute atomic E-state index is 0.141. The first-order valence-corrected chi connectivity index (χ1v) is 38.0. The maximum Gasteiger partial charge on any atom is 0.349 e. The number of halogens is 1. The van der Waals surface area contributed by atoms with Gasteiger partial charge in [-0.3, -0.25) is 34.1 Å². The van der Waals surface area contributed by atoms with E-state index in [-0.39, 0.29) is 34.3 Å². The summed E-state index contributed by atoms with van der Waals surface area (Å²) in [7, 11) is 0. The van der Waals surface area contributed by atoms with E-state index < -0.39 is 33.7 Å². The Labute approximate surface area is 647 Å². The normalized spacial score (nSPS) is 11.6. The first-order valence-electron chi connectivity index (χ1n) is 37.1. The molecule has 23 nitrogen and oxygen atoms in total. The van der Waals surface area contributed by atoms with E-state index in [9.17, 15) is 38.0 Å². The van der Waals surface area contributed by atoms with E-state index in [1.165, 1.54) is 44.8 Å². The summed E-state index contributed by atoms with van der Waals surface area (Å²) in [6, 6.07) is 48.3. The highest BCUT2D eigenvalue weighted by Gasteiger charge is 2.26. The SMILES string of the molecule is C=c1nc2c(c(=O)[nH]1)=Nc1cc(C)c(C)cc1N2CCSc1ccccc1.Cc1cc(F)cc(CCCn2c3nc(=O)[nH]c(=O)c-3nc3cc(C)c(C)cc32)c1.Cc1ccc(CCCn2c3nc(=O)[nH]c(=O)c-3nc3cc(C)c(C)cc32)cc1.Cc1cccc(CCCn2c3nc(=O)[nH]c(=O)c-3nc3cc(C)c(C)cc32)c1. The molecule has 8 heterocycles. The zero-order valence-electron chi connectivity index (χ0n) is 64.4. The van der Waals surface area contributed by atoms with Crippen LogP contribution in [0, 0.1) is 82.0 Å². The van der Waals surface area contributed by atoms with Crippen LogP contribution in [0.5, 0.6) is 0 Å². The van der Waals surface area contributed by atoms with Crippen LogP contribution >= 0.6 is 11.8 Å². The Kier molecular flexibility index (Phi) is 22.9. The lowest BCUT2D eigenvalue weighted by Gasteiger charge is -2.28. The maximum absolute atomic E-state index is 13.7. The zero-order chi connectivity index (χ0) is 79.3. The molecule has 8 aromatic carbocycles. The number of rotatable bonds is 16. The Morgan fingerprint density at radius 3 is 1.32 bits per heavy atom. The number of anilines is 2. The van der Waals surface area contributed by atoms with Crippen LogP contribution in [0.4, 0.5) is 21.6 Å². The van der Waals surface area contributed by atoms with E-state index >= 15 is 0 Å². The number of hydrogen-bond acceptors (Lipinski definition) is 17. The molecule has 4 N–H and O–H groups in total. The van der Waals surface area contributed by atoms with Gasteiger partial charge in [0.2, 0.25) is 0 Å². The van der Waals surface area contributed by atoms with Gasteiger partial charge in [-0.2, -0.15) is 15.0 Å². The van der Waals surface area contributed by atoms with Gasteiger partial charge in [-0.25, -0.2) is 43.7 Å². The minimum atomic E-state index is -0.693. The van der Waals surface area contributed by atoms with Crippen LogP contribution in [-0.2, 0) is 38.9 Å². The van der Waals surface area contributed by atoms with E-state index in [1.54, 1.807) is 11.8 Å². The van der Waals surface area contributed by atoms with Crippen LogP contribution in [0.3, 0.4) is 0 Å². The summed E-state index contributed by atoms with van der Waals surface area (Å²) in [4.78, 5) is 132. The first kappa shape index (κ1) is 77.4. The number of aromatic nitrogens is 14. The standard InChI is InChI=1S/C22H21FN4O2.2C22H22N4O2.C21H20N4OS/c1-12-7-15(11-16(23)8-12)5-4-6-27-18-10-14(3)13(2)9-17(18)24-19-20(27)25-22(29)26-21(19)28;1-13-6-4-7-16(10-13)8-5-9-26-18-12-15(3)14(2)11-17(18)23-19-20(26)24-22(28)25-21(19)27;1-13-6-8-16(9-7-13)5-4-10-26-18-12-15(3)14(2)11-17(18)23-19-20(26)24-22(28)25-21(19)27;1-13-11-17-18(12-14(13)2)25(9-10-27-16-7-5-4-6-8-16)20-19(24-17)21(26)23-15(3)22-20/h7-11H,4-6H2,1-3H3,(H,26,28,29);4,6-7,10-12H,5,8-9H2,1-3H3,(H,25,27,28);6-9,11-12H,4-5,10H2,1-3H3,(H,25,27,28);4-8,11-12H,3,9-10H2,1-2H3,(H,23,26). The van der Waals surface area contributed by atoms with Crippen molar-refractivity contribution in [2.24, 2.45) is 4.99 Å². The number of nitrogens with one attached hydrogen (secondary N) is 4. The highest BCUT2D eigenvalue weighted by Crippen LogP contribution is 2.38. The van der Waals surface area contributed by atoms with Crippen molar-refractivity contribution in [2.45, 2.75) is 139 Å². The molecule has 1 aromatic heterocycles. The van der Waals surface area contributed by atoms with E-state index in [4.69, 9.17) is 0 Å². The molecule has 0 saturated heterocycles. The van der Waals surface area contributed by atoms with Crippen LogP contribution in [0.15, 0.2) is 189 Å². The summed E-state index contributed by atoms with van der Waals surface area (Å²) >= 11 is 1.78. The molecule has 25 heteroatoms. The molecule has 0 bridgehead atoms. The Bertz CT molecular complexity index is 6590. The number of aromatic amines is 4. The largest absolute Gasteiger partial charge is 0.349 e. The number of fused-ring (bicyclic) bond motifs is 8. The number of nitrogens with zero attached hydrogens (tertiary/aromatic N) is 12. The maximum atomic E-state index is 13.7. The van der Waals surface area contributed by atoms with Crippen molar-refractivity contribution in [3.63, 3.8) is 0 Å². The fourth-order valence-electron chi connectivity index (χ4n) is 13.8. The summed E-state index contributed by atoms with van der Waals surface area (Å²) in [6.07, 6.45) is 4.87. The molecule has 0 spiro atoms. The van der Waals surface area contributed by atoms with Crippen molar-refractivity contribution >= 4 is 68.6 Å². The molecule has 568 valence electrons. The van der Waals surface area contributed by atoms with Gasteiger partial charge < -0.3 is 23.6 Å². The lowest BCUT2D eigenvalue weighted by Crippen LogP contribution is -2.43. The van der Waals surface area contributed by atoms with Crippen molar-refractivity contribution in [1.29, 1.82) is 0 Å². The lowest BCUT2D eigenvalue weighted by molar-refractivity contribution is 0.617. The van der Waals surface area contributed by atoms with Gasteiger partial charge in [-0.05, 0) is 254 Å². The summed E-state index contributed by atoms with van der Waals surface area (Å²) in [6.45, 7) is 28.6. The Hall–Kier alpha value is -12.8. The van der Waals surface area contributed by atoms with Gasteiger partial charge in [0.1, 0.15) is 11.3 Å². The number of hydrogen-bond donors (Lipinski definition) is 4. The zero-order valence-corrected chi connectivity index (χ0v) is 65.2. The summed E-state index contributed by atoms with van der Waals surface area (Å²) in [5, 5.41) is 0.350. The quantitative estimate of drug-likeness (QED) is 0.0516. The predicted octanol–water partition coefficient (Wildman–Crippen LogP) is 12.6. The molecule has 0 atom stereocenters. The van der Waals surface area contributed by atoms with E-state index in [0.717, 1.165) is 120 Å². The van der Waals surface area contributed by atoms with Gasteiger partial charge in [-0.15, -0.1) is 11.8 Å². The van der Waals surface area contributed by atoms with Crippen LogP contribution < -0.4 is 55.0 Å². The molecule has 0 unspecified atom stereocenters. The Balaban J connectivity index is 0.000000131. The van der Waals surface area contributed by atoms with Crippen LogP contribution in [0.2, 0.25) is 0 Å². The van der Waals surface area contributed by atoms with E-state index in [0.29, 0.717) is 72.8 Å². The number of benzene rings is 8. The monoisotopic (exact) mass is 1520 g/mol. The van der Waals surface area contributed by atoms with Crippen LogP contribution in [0.25, 0.3) is 74.2 Å². The molecule has 7 aliphatic heterocycles. The van der Waals surface area contributed by atoms with Gasteiger partial charge in [0.25, 0.3) is 22.2 Å². The van der Waals surface area contributed by atoms with Crippen molar-refractivity contribution in [3.8, 4) is 34.6 Å². The van der Waals surface area contributed by atoms with Gasteiger partial charge in [-0.1, -0.05) is 90.5 Å². The smallest absolute Gasteiger partial charge is 0.322 e. The summed E-state index contributed by atoms with van der Waals surface area (Å²) < 4.78 is 19.4. The topological polar surface area (TPSA) is 303 Å². The highest BCUT2D eigenvalue weighted by atomic mass is 32.2. The molecule has 0 fully saturated rings. The molecule has 9 aromatic rings. The molecular weight excluding hydrogens is 1430 g/mol. The van der Waals surface area contributed by atoms with Gasteiger partial charge in [0, 0.05) is 36.8 Å². The average molecular weight is 1520 g/mol. The van der Waals surface area contributed by atoms with Crippen molar-refractivity contribution in [1.82, 2.24) is 68.5 Å². The fraction of sp³-hybridized carbons (Fsp3) is 0.253. The van der Waals surface area contributed by atoms with Crippen molar-refractivity contribution in [3.05, 3.63) is 313 Å². The number of aryl methyl sites for hydroxylation is 17. The van der Waals surface area contributed by atoms with Crippen LogP contribution in [0.1, 0.15) is 97.2 Å². The molecule has 0 amide bonds. The second-order valence-corrected chi connectivity index (χ2v) is 29.8. The third-order valence-electron chi connectivity index (χ3n) is 20.1. The third-order valence-corrected chi connectivity index (χ3v) is 21.1. The first-order chi connectivity index (χ1) is 53.7. The average Bonchev–Trinajstić information content (AvgIpc) is 0.774. The van der Waals surface area contributed by atoms with Gasteiger partial charge in [0.15, 0.2) is 45.7 Å². The molecular formula is C87H85FN16O7S. The third kappa shape index (κ3) is 17.4. The molecule has 112 heavy (non-hydrogen) atoms. The van der Waals surface area contributed by atoms with Gasteiger partial charge >= 0.3 is 17.1 Å². The molecule has 0 aliphatic carbocycles. The molecule has 0 radical (unpaired) electrons. The van der Waals surface area contributed by atoms with Crippen molar-refractivity contribution < 1.29 is 4.39 Å². The Morgan fingerprint density at radius 1 is 0.393 bits per heavy atom. The van der Waals surface area contributed by atoms with Crippen molar-refractivity contribution in [2.75, 3.05) is 17.2 Å². The van der Waals surface area contributed by atoms with E-state index in [1.807, 2.05) is 117 Å². The summed E-state index contributed by atoms with van der Waals surface area (Å²) in [5.41, 5.74) is 19.4. The summed E-state index contributed by atoms with van der Waals surface area (Å²) in [5.74, 6) is 2.14. The molecule has 7 aliphatic rings. The Morgan fingerprint density at radius 2 is 0.839 bits per heavy atom. The second kappa shape index (κ2) is 33.2. The number of H-pyrrole nitrogens is 4. The number of thioether (sulfide) groups is 1. The lowest BCUT2D eigenvalue weighted by atomic mass is 10.1. The second-order valence-electron chi connectivity index (χ2n) is 28.7. The van der Waals surface area contributed by atoms with Gasteiger partial charge in [0.05, 0.1) is 44.5 Å². The highest BCUT2D eigenvalue weighted by molar-refractivity contribution is 7.99.